The first-order valence-electron chi connectivity index (χ1n) is 17.4. The molecule has 1 fully saturated rings. The predicted molar refractivity (Wildman–Crippen MR) is 194 cm³/mol. The van der Waals surface area contributed by atoms with Gasteiger partial charge in [0.1, 0.15) is 21.2 Å². The highest BCUT2D eigenvalue weighted by molar-refractivity contribution is 7.92. The Morgan fingerprint density at radius 3 is 2.73 bits per heavy atom. The third-order valence-corrected chi connectivity index (χ3v) is 13.1. The maximum absolute atomic E-state index is 14.5. The van der Waals surface area contributed by atoms with Gasteiger partial charge >= 0.3 is 0 Å². The van der Waals surface area contributed by atoms with Gasteiger partial charge < -0.3 is 24.6 Å². The molecule has 12 nitrogen and oxygen atoms in total. The number of aryl methyl sites for hydroxylation is 2. The van der Waals surface area contributed by atoms with E-state index < -0.39 is 39.9 Å². The van der Waals surface area contributed by atoms with Gasteiger partial charge in [0.05, 0.1) is 37.4 Å². The quantitative estimate of drug-likeness (QED) is 0.331. The lowest BCUT2D eigenvalue weighted by Crippen LogP contribution is -2.49. The van der Waals surface area contributed by atoms with Gasteiger partial charge in [0.2, 0.25) is 5.88 Å². The molecule has 0 radical (unpaired) electrons. The average molecular weight is 738 g/mol. The fourth-order valence-corrected chi connectivity index (χ4v) is 10.2. The van der Waals surface area contributed by atoms with E-state index in [-0.39, 0.29) is 40.0 Å². The fraction of sp³-hybridized carbons (Fsp3) is 0.486. The van der Waals surface area contributed by atoms with E-state index in [9.17, 15) is 24.0 Å². The van der Waals surface area contributed by atoms with Gasteiger partial charge in [-0.1, -0.05) is 36.7 Å². The normalized spacial score (nSPS) is 31.2. The zero-order valence-electron chi connectivity index (χ0n) is 29.0. The van der Waals surface area contributed by atoms with Gasteiger partial charge in [-0.05, 0) is 91.3 Å². The van der Waals surface area contributed by atoms with Crippen LogP contribution < -0.4 is 19.1 Å². The molecule has 2 aliphatic heterocycles. The number of anilines is 1. The molecule has 51 heavy (non-hydrogen) atoms. The summed E-state index contributed by atoms with van der Waals surface area (Å²) in [6.45, 7) is 3.33. The Bertz CT molecular complexity index is 2010. The molecule has 1 aromatic heterocycles. The highest BCUT2D eigenvalue weighted by Gasteiger charge is 2.44. The van der Waals surface area contributed by atoms with E-state index in [0.29, 0.717) is 30.5 Å². The summed E-state index contributed by atoms with van der Waals surface area (Å²) in [7, 11) is -0.840. The molecule has 2 amide bonds. The minimum absolute atomic E-state index is 0.0158. The molecule has 7 atom stereocenters. The van der Waals surface area contributed by atoms with E-state index in [1.54, 1.807) is 38.2 Å². The summed E-state index contributed by atoms with van der Waals surface area (Å²) in [6.07, 6.45) is 7.18. The number of aliphatic hydroxyl groups excluding tert-OH is 2. The average Bonchev–Trinajstić information content (AvgIpc) is 3.40. The predicted octanol–water partition coefficient (Wildman–Crippen LogP) is 4.46. The number of benzene rings is 2. The first-order chi connectivity index (χ1) is 24.4. The summed E-state index contributed by atoms with van der Waals surface area (Å²) >= 11 is 6.42. The smallest absolute Gasteiger partial charge is 0.286 e. The lowest BCUT2D eigenvalue weighted by Gasteiger charge is -2.45. The molecule has 7 rings (SSSR count). The number of carbonyl (C=O) groups excluding carboxylic acids is 2. The second-order valence-corrected chi connectivity index (χ2v) is 16.9. The Kier molecular flexibility index (Phi) is 9.68. The van der Waals surface area contributed by atoms with Crippen molar-refractivity contribution in [3.63, 3.8) is 0 Å². The summed E-state index contributed by atoms with van der Waals surface area (Å²) < 4.78 is 34.3. The van der Waals surface area contributed by atoms with Crippen LogP contribution in [0.25, 0.3) is 0 Å². The molecule has 2 aliphatic carbocycles. The first kappa shape index (κ1) is 35.5. The second-order valence-electron chi connectivity index (χ2n) is 14.5. The van der Waals surface area contributed by atoms with Crippen LogP contribution in [0.5, 0.6) is 11.6 Å². The number of hydrogen-bond donors (Lipinski definition) is 3. The number of halogens is 1. The van der Waals surface area contributed by atoms with E-state index >= 15 is 0 Å². The van der Waals surface area contributed by atoms with Crippen molar-refractivity contribution >= 4 is 39.0 Å². The Morgan fingerprint density at radius 1 is 1.16 bits per heavy atom. The third-order valence-electron chi connectivity index (χ3n) is 10.9. The summed E-state index contributed by atoms with van der Waals surface area (Å²) in [5.74, 6) is -1.85. The van der Waals surface area contributed by atoms with E-state index in [0.717, 1.165) is 37.8 Å². The molecule has 1 spiro atoms. The number of rotatable bonds is 3. The minimum atomic E-state index is -3.81. The molecule has 3 heterocycles. The van der Waals surface area contributed by atoms with Crippen molar-refractivity contribution in [2.75, 3.05) is 37.5 Å². The summed E-state index contributed by atoms with van der Waals surface area (Å²) in [4.78, 5) is 29.7. The molecule has 3 N–H and O–H groups in total. The number of fused-ring (bicyclic) bond motifs is 4. The monoisotopic (exact) mass is 737 g/mol. The van der Waals surface area contributed by atoms with Crippen LogP contribution in [0.3, 0.4) is 0 Å². The molecular weight excluding hydrogens is 694 g/mol. The molecule has 2 bridgehead atoms. The van der Waals surface area contributed by atoms with Crippen molar-refractivity contribution in [3.05, 3.63) is 82.0 Å². The zero-order valence-corrected chi connectivity index (χ0v) is 30.5. The molecule has 272 valence electrons. The molecule has 2 aromatic carbocycles. The van der Waals surface area contributed by atoms with Crippen LogP contribution in [0.15, 0.2) is 59.1 Å². The van der Waals surface area contributed by atoms with Crippen LogP contribution in [0, 0.1) is 17.8 Å². The number of nitrogens with one attached hydrogen (secondary N) is 1. The standard InChI is InChI=1S/C37H44ClN5O7S/c1-22-19-51(48,41-35(47)28-18-42(2)39-36(28)49-3)40-34(46)24-7-13-33-30(16-24)43(17-25-6-9-27(25)32(45)12-11-31(22)44)20-37(21-50-33)14-4-5-23-15-26(38)8-10-29(23)37/h7-8,10-13,15-16,18,22,25,27,31-32,44-45H,4-6,9,14,17,19-21H2,1-3H3,(H,40,41,46,47,48)/b12-11+/t22-,25+,27-,31+,32+,37+,51?/m1/s1. The largest absolute Gasteiger partial charge is 0.490 e. The number of ether oxygens (including phenoxy) is 2. The van der Waals surface area contributed by atoms with Crippen LogP contribution in [0.1, 0.15) is 64.4 Å². The van der Waals surface area contributed by atoms with Crippen molar-refractivity contribution in [3.8, 4) is 11.6 Å². The van der Waals surface area contributed by atoms with E-state index in [1.807, 2.05) is 12.1 Å². The Hall–Kier alpha value is -3.91. The Morgan fingerprint density at radius 2 is 1.96 bits per heavy atom. The summed E-state index contributed by atoms with van der Waals surface area (Å²) in [6, 6.07) is 11.2. The SMILES string of the molecule is COc1nn(C)cc1C(=O)NS1(=O)=NC(=O)c2ccc3c(c2)N(C[C@@H]2CC[C@H]2[C@@H](O)/C=C/[C@H](O)[C@H](C)C1)C[C@@]1(CCCc2cc(Cl)ccc21)CO3. The van der Waals surface area contributed by atoms with Gasteiger partial charge in [-0.15, -0.1) is 9.46 Å². The van der Waals surface area contributed by atoms with Crippen LogP contribution in [-0.2, 0) is 28.8 Å². The molecule has 1 saturated carbocycles. The van der Waals surface area contributed by atoms with Crippen LogP contribution in [0.4, 0.5) is 5.69 Å². The zero-order chi connectivity index (χ0) is 36.1. The van der Waals surface area contributed by atoms with Gasteiger partial charge in [0.15, 0.2) is 0 Å². The number of nitrogens with zero attached hydrogens (tertiary/aromatic N) is 4. The fourth-order valence-electron chi connectivity index (χ4n) is 8.08. The number of methoxy groups -OCH3 is 1. The van der Waals surface area contributed by atoms with Gasteiger partial charge in [-0.2, -0.15) is 0 Å². The van der Waals surface area contributed by atoms with Crippen molar-refractivity contribution in [2.45, 2.75) is 56.7 Å². The van der Waals surface area contributed by atoms with Gasteiger partial charge in [-0.3, -0.25) is 19.0 Å². The van der Waals surface area contributed by atoms with E-state index in [1.165, 1.54) is 35.2 Å². The number of amides is 2. The van der Waals surface area contributed by atoms with Gasteiger partial charge in [0.25, 0.3) is 11.8 Å². The Labute approximate surface area is 303 Å². The first-order valence-corrected chi connectivity index (χ1v) is 19.5. The molecule has 0 saturated heterocycles. The second kappa shape index (κ2) is 13.9. The summed E-state index contributed by atoms with van der Waals surface area (Å²) in [5, 5.41) is 27.2. The van der Waals surface area contributed by atoms with Crippen molar-refractivity contribution in [2.24, 2.45) is 29.2 Å². The maximum Gasteiger partial charge on any atom is 0.286 e. The number of aromatic nitrogens is 2. The molecule has 14 heteroatoms. The molecule has 4 aliphatic rings. The van der Waals surface area contributed by atoms with Gasteiger partial charge in [0, 0.05) is 42.3 Å². The topological polar surface area (TPSA) is 156 Å². The number of carbonyl (C=O) groups is 2. The number of hydrogen-bond acceptors (Lipinski definition) is 9. The third kappa shape index (κ3) is 7.01. The van der Waals surface area contributed by atoms with E-state index in [4.69, 9.17) is 21.1 Å². The number of aliphatic hydroxyl groups is 2. The highest BCUT2D eigenvalue weighted by Crippen LogP contribution is 2.47. The van der Waals surface area contributed by atoms with Crippen molar-refractivity contribution in [1.29, 1.82) is 0 Å². The highest BCUT2D eigenvalue weighted by atomic mass is 35.5. The van der Waals surface area contributed by atoms with E-state index in [2.05, 4.69) is 25.1 Å². The minimum Gasteiger partial charge on any atom is -0.490 e. The lowest BCUT2D eigenvalue weighted by molar-refractivity contribution is 0.0446. The van der Waals surface area contributed by atoms with Crippen LogP contribution in [-0.4, -0.2) is 80.8 Å². The molecule has 1 unspecified atom stereocenters. The van der Waals surface area contributed by atoms with Gasteiger partial charge in [-0.25, -0.2) is 4.21 Å². The van der Waals surface area contributed by atoms with Crippen LogP contribution >= 0.6 is 11.6 Å². The molecular formula is C37H44ClN5O7S. The lowest BCUT2D eigenvalue weighted by atomic mass is 9.68. The van der Waals surface area contributed by atoms with Crippen molar-refractivity contribution < 1.29 is 33.5 Å². The Balaban J connectivity index is 1.31. The van der Waals surface area contributed by atoms with Crippen molar-refractivity contribution in [1.82, 2.24) is 14.5 Å². The summed E-state index contributed by atoms with van der Waals surface area (Å²) in [5.41, 5.74) is 3.00. The molecule has 3 aromatic rings. The van der Waals surface area contributed by atoms with Crippen LogP contribution in [0.2, 0.25) is 5.02 Å². The maximum atomic E-state index is 14.5.